The lowest BCUT2D eigenvalue weighted by atomic mass is 10.1. The van der Waals surface area contributed by atoms with Crippen molar-refractivity contribution in [2.45, 2.75) is 6.42 Å². The quantitative estimate of drug-likeness (QED) is 0.410. The number of hydrogen-bond donors (Lipinski definition) is 2. The van der Waals surface area contributed by atoms with Crippen molar-refractivity contribution in [2.75, 3.05) is 13.6 Å². The lowest BCUT2D eigenvalue weighted by Crippen LogP contribution is -2.24. The van der Waals surface area contributed by atoms with Crippen LogP contribution in [0.15, 0.2) is 79.1 Å². The number of amides is 2. The fraction of sp³-hybridized carbons (Fsp3) is 0.120. The Hall–Kier alpha value is -4.04. The lowest BCUT2D eigenvalue weighted by molar-refractivity contribution is 0.0950. The molecule has 0 unspecified atom stereocenters. The van der Waals surface area contributed by atoms with Gasteiger partial charge in [0.25, 0.3) is 11.8 Å². The standard InChI is InChI=1S/C25H22N4O3S/c1-26-24(30)21-16-19(11-14-28-21)32-18-6-4-5-17(15-18)10-13-29-25(31)23-9-8-22(33-23)20-7-2-3-12-27-20/h2-9,11-12,14-16H,10,13H2,1H3,(H,26,30)(H,29,31). The predicted molar refractivity (Wildman–Crippen MR) is 128 cm³/mol. The average molecular weight is 459 g/mol. The van der Waals surface area contributed by atoms with Gasteiger partial charge in [-0.05, 0) is 54.4 Å². The molecule has 33 heavy (non-hydrogen) atoms. The van der Waals surface area contributed by atoms with Gasteiger partial charge in [-0.2, -0.15) is 0 Å². The molecule has 3 aromatic heterocycles. The molecule has 0 radical (unpaired) electrons. The maximum Gasteiger partial charge on any atom is 0.269 e. The van der Waals surface area contributed by atoms with E-state index in [1.807, 2.05) is 54.6 Å². The summed E-state index contributed by atoms with van der Waals surface area (Å²) in [5.41, 5.74) is 2.16. The van der Waals surface area contributed by atoms with E-state index in [-0.39, 0.29) is 17.5 Å². The molecule has 0 saturated carbocycles. The van der Waals surface area contributed by atoms with Crippen LogP contribution in [0, 0.1) is 0 Å². The van der Waals surface area contributed by atoms with Gasteiger partial charge in [0.05, 0.1) is 15.4 Å². The van der Waals surface area contributed by atoms with Crippen LogP contribution >= 0.6 is 11.3 Å². The molecule has 0 aliphatic carbocycles. The fourth-order valence-corrected chi connectivity index (χ4v) is 4.04. The lowest BCUT2D eigenvalue weighted by Gasteiger charge is -2.09. The second-order valence-electron chi connectivity index (χ2n) is 7.09. The number of hydrogen-bond acceptors (Lipinski definition) is 6. The Morgan fingerprint density at radius 2 is 1.79 bits per heavy atom. The van der Waals surface area contributed by atoms with Gasteiger partial charge in [-0.25, -0.2) is 0 Å². The minimum absolute atomic E-state index is 0.104. The highest BCUT2D eigenvalue weighted by Gasteiger charge is 2.11. The molecule has 0 bridgehead atoms. The van der Waals surface area contributed by atoms with Crippen LogP contribution in [-0.4, -0.2) is 35.4 Å². The summed E-state index contributed by atoms with van der Waals surface area (Å²) in [7, 11) is 1.55. The van der Waals surface area contributed by atoms with Crippen molar-refractivity contribution in [2.24, 2.45) is 0 Å². The molecule has 0 saturated heterocycles. The molecular formula is C25H22N4O3S. The molecule has 0 spiro atoms. The largest absolute Gasteiger partial charge is 0.457 e. The summed E-state index contributed by atoms with van der Waals surface area (Å²) in [6, 6.07) is 20.4. The fourth-order valence-electron chi connectivity index (χ4n) is 3.14. The zero-order valence-corrected chi connectivity index (χ0v) is 18.8. The third-order valence-corrected chi connectivity index (χ3v) is 5.88. The van der Waals surface area contributed by atoms with Gasteiger partial charge in [0.2, 0.25) is 0 Å². The number of nitrogens with zero attached hydrogens (tertiary/aromatic N) is 2. The van der Waals surface area contributed by atoms with Gasteiger partial charge in [-0.3, -0.25) is 19.6 Å². The highest BCUT2D eigenvalue weighted by molar-refractivity contribution is 7.17. The van der Waals surface area contributed by atoms with E-state index in [9.17, 15) is 9.59 Å². The Labute approximate surface area is 195 Å². The number of carbonyl (C=O) groups is 2. The van der Waals surface area contributed by atoms with Crippen molar-refractivity contribution in [1.29, 1.82) is 0 Å². The van der Waals surface area contributed by atoms with Gasteiger partial charge in [0.15, 0.2) is 0 Å². The Morgan fingerprint density at radius 1 is 0.909 bits per heavy atom. The van der Waals surface area contributed by atoms with Crippen LogP contribution in [0.5, 0.6) is 11.5 Å². The molecule has 0 atom stereocenters. The van der Waals surface area contributed by atoms with E-state index < -0.39 is 0 Å². The first kappa shape index (κ1) is 22.2. The summed E-state index contributed by atoms with van der Waals surface area (Å²) >= 11 is 1.42. The highest BCUT2D eigenvalue weighted by atomic mass is 32.1. The normalized spacial score (nSPS) is 10.5. The van der Waals surface area contributed by atoms with Crippen molar-refractivity contribution in [3.05, 3.63) is 95.3 Å². The van der Waals surface area contributed by atoms with Crippen LogP contribution in [0.1, 0.15) is 25.7 Å². The summed E-state index contributed by atoms with van der Waals surface area (Å²) < 4.78 is 5.88. The SMILES string of the molecule is CNC(=O)c1cc(Oc2cccc(CCNC(=O)c3ccc(-c4ccccn4)s3)c2)ccn1. The van der Waals surface area contributed by atoms with E-state index in [0.29, 0.717) is 29.3 Å². The number of benzene rings is 1. The highest BCUT2D eigenvalue weighted by Crippen LogP contribution is 2.26. The Balaban J connectivity index is 1.33. The first-order chi connectivity index (χ1) is 16.1. The van der Waals surface area contributed by atoms with Crippen molar-refractivity contribution >= 4 is 23.2 Å². The van der Waals surface area contributed by atoms with E-state index in [2.05, 4.69) is 20.6 Å². The molecule has 7 nitrogen and oxygen atoms in total. The van der Waals surface area contributed by atoms with E-state index in [0.717, 1.165) is 16.1 Å². The second kappa shape index (κ2) is 10.5. The van der Waals surface area contributed by atoms with Crippen molar-refractivity contribution in [3.63, 3.8) is 0 Å². The minimum Gasteiger partial charge on any atom is -0.457 e. The number of nitrogens with one attached hydrogen (secondary N) is 2. The van der Waals surface area contributed by atoms with Crippen molar-refractivity contribution in [3.8, 4) is 22.1 Å². The first-order valence-electron chi connectivity index (χ1n) is 10.4. The van der Waals surface area contributed by atoms with Gasteiger partial charge in [0, 0.05) is 32.1 Å². The van der Waals surface area contributed by atoms with Crippen molar-refractivity contribution < 1.29 is 14.3 Å². The van der Waals surface area contributed by atoms with E-state index in [4.69, 9.17) is 4.74 Å². The number of carbonyl (C=O) groups excluding carboxylic acids is 2. The summed E-state index contributed by atoms with van der Waals surface area (Å²) in [6.07, 6.45) is 3.92. The Morgan fingerprint density at radius 3 is 2.61 bits per heavy atom. The van der Waals surface area contributed by atoms with Crippen LogP contribution in [0.25, 0.3) is 10.6 Å². The van der Waals surface area contributed by atoms with Crippen LogP contribution in [-0.2, 0) is 6.42 Å². The number of thiophene rings is 1. The molecule has 2 N–H and O–H groups in total. The molecule has 0 aliphatic rings. The van der Waals surface area contributed by atoms with Gasteiger partial charge in [-0.15, -0.1) is 11.3 Å². The third-order valence-electron chi connectivity index (χ3n) is 4.77. The smallest absolute Gasteiger partial charge is 0.269 e. The molecule has 4 rings (SSSR count). The molecule has 4 aromatic rings. The summed E-state index contributed by atoms with van der Waals surface area (Å²) in [4.78, 5) is 34.2. The maximum atomic E-state index is 12.5. The van der Waals surface area contributed by atoms with Gasteiger partial charge >= 0.3 is 0 Å². The Kier molecular flexibility index (Phi) is 7.06. The predicted octanol–water partition coefficient (Wildman–Crippen LogP) is 4.33. The topological polar surface area (TPSA) is 93.2 Å². The number of pyridine rings is 2. The van der Waals surface area contributed by atoms with Gasteiger partial charge in [0.1, 0.15) is 17.2 Å². The van der Waals surface area contributed by atoms with Gasteiger partial charge < -0.3 is 15.4 Å². The van der Waals surface area contributed by atoms with E-state index in [1.165, 1.54) is 17.5 Å². The Bertz CT molecular complexity index is 1260. The van der Waals surface area contributed by atoms with Crippen LogP contribution in [0.2, 0.25) is 0 Å². The maximum absolute atomic E-state index is 12.5. The van der Waals surface area contributed by atoms with E-state index >= 15 is 0 Å². The van der Waals surface area contributed by atoms with Crippen LogP contribution < -0.4 is 15.4 Å². The number of rotatable bonds is 8. The van der Waals surface area contributed by atoms with Crippen LogP contribution in [0.3, 0.4) is 0 Å². The zero-order valence-electron chi connectivity index (χ0n) is 17.9. The second-order valence-corrected chi connectivity index (χ2v) is 8.17. The summed E-state index contributed by atoms with van der Waals surface area (Å²) in [5.74, 6) is 0.789. The van der Waals surface area contributed by atoms with Crippen molar-refractivity contribution in [1.82, 2.24) is 20.6 Å². The van der Waals surface area contributed by atoms with E-state index in [1.54, 1.807) is 25.4 Å². The summed E-state index contributed by atoms with van der Waals surface area (Å²) in [6.45, 7) is 0.495. The molecule has 166 valence electrons. The first-order valence-corrected chi connectivity index (χ1v) is 11.2. The number of ether oxygens (including phenoxy) is 1. The molecule has 0 aliphatic heterocycles. The third kappa shape index (κ3) is 5.81. The minimum atomic E-state index is -0.275. The molecule has 1 aromatic carbocycles. The zero-order chi connectivity index (χ0) is 23.0. The number of aromatic nitrogens is 2. The molecule has 8 heteroatoms. The summed E-state index contributed by atoms with van der Waals surface area (Å²) in [5, 5.41) is 5.51. The van der Waals surface area contributed by atoms with Crippen LogP contribution in [0.4, 0.5) is 0 Å². The van der Waals surface area contributed by atoms with Gasteiger partial charge in [-0.1, -0.05) is 18.2 Å². The molecule has 2 amide bonds. The molecular weight excluding hydrogens is 436 g/mol. The average Bonchev–Trinajstić information content (AvgIpc) is 3.35. The molecule has 0 fully saturated rings. The monoisotopic (exact) mass is 458 g/mol. The molecule has 3 heterocycles.